The van der Waals surface area contributed by atoms with E-state index in [0.717, 1.165) is 0 Å². The van der Waals surface area contributed by atoms with Crippen LogP contribution in [0.15, 0.2) is 12.1 Å². The SMILES string of the molecule is O=C(c1cc(F)c(F)c(F)c1)c1c(C(F)(F)F)nn(-c2c(F)c(F)c(C(F)(F)F)c(F)c2F)c1O.[Cu]. The molecule has 0 bridgehead atoms. The van der Waals surface area contributed by atoms with Gasteiger partial charge >= 0.3 is 12.4 Å². The van der Waals surface area contributed by atoms with Gasteiger partial charge in [0.15, 0.2) is 46.4 Å². The molecule has 199 valence electrons. The van der Waals surface area contributed by atoms with Crippen molar-refractivity contribution in [2.45, 2.75) is 12.4 Å². The van der Waals surface area contributed by atoms with Gasteiger partial charge in [0, 0.05) is 22.6 Å². The van der Waals surface area contributed by atoms with Crippen molar-refractivity contribution in [2.24, 2.45) is 0 Å². The van der Waals surface area contributed by atoms with Gasteiger partial charge in [0.25, 0.3) is 0 Å². The molecule has 0 aliphatic carbocycles. The first-order chi connectivity index (χ1) is 15.9. The first-order valence-corrected chi connectivity index (χ1v) is 8.41. The van der Waals surface area contributed by atoms with Crippen LogP contribution in [0.1, 0.15) is 27.2 Å². The van der Waals surface area contributed by atoms with E-state index in [1.165, 1.54) is 0 Å². The quantitative estimate of drug-likeness (QED) is 0.138. The molecule has 0 atom stereocenters. The zero-order valence-electron chi connectivity index (χ0n) is 16.1. The Bertz CT molecular complexity index is 1330. The minimum Gasteiger partial charge on any atom is -0.493 e. The maximum atomic E-state index is 14.3. The van der Waals surface area contributed by atoms with Crippen LogP contribution in [0.2, 0.25) is 0 Å². The second-order valence-electron chi connectivity index (χ2n) is 6.52. The van der Waals surface area contributed by atoms with E-state index in [0.29, 0.717) is 0 Å². The summed E-state index contributed by atoms with van der Waals surface area (Å²) in [4.78, 5) is 12.4. The molecule has 18 heteroatoms. The third-order valence-corrected chi connectivity index (χ3v) is 4.34. The van der Waals surface area contributed by atoms with Crippen molar-refractivity contribution in [3.63, 3.8) is 0 Å². The van der Waals surface area contributed by atoms with E-state index < -0.39 is 97.5 Å². The summed E-state index contributed by atoms with van der Waals surface area (Å²) in [5.41, 5.74) is -11.6. The summed E-state index contributed by atoms with van der Waals surface area (Å²) in [6.07, 6.45) is -11.8. The van der Waals surface area contributed by atoms with Crippen LogP contribution < -0.4 is 0 Å². The van der Waals surface area contributed by atoms with Gasteiger partial charge < -0.3 is 5.11 Å². The molecular formula is C18H3CuF13N2O2. The van der Waals surface area contributed by atoms with Crippen LogP contribution >= 0.6 is 0 Å². The van der Waals surface area contributed by atoms with E-state index in [9.17, 15) is 67.0 Å². The molecule has 36 heavy (non-hydrogen) atoms. The number of hydrogen-bond donors (Lipinski definition) is 1. The molecule has 0 saturated heterocycles. The summed E-state index contributed by atoms with van der Waals surface area (Å²) in [6.45, 7) is 0. The monoisotopic (exact) mass is 589 g/mol. The first-order valence-electron chi connectivity index (χ1n) is 8.41. The predicted octanol–water partition coefficient (Wildman–Crippen LogP) is 5.82. The Morgan fingerprint density at radius 2 is 1.19 bits per heavy atom. The van der Waals surface area contributed by atoms with Crippen LogP contribution in [0.25, 0.3) is 5.69 Å². The van der Waals surface area contributed by atoms with Gasteiger partial charge in [0.05, 0.1) is 0 Å². The Kier molecular flexibility index (Phi) is 7.49. The van der Waals surface area contributed by atoms with Gasteiger partial charge in [0.1, 0.15) is 16.8 Å². The summed E-state index contributed by atoms with van der Waals surface area (Å²) < 4.78 is 174. The smallest absolute Gasteiger partial charge is 0.436 e. The second kappa shape index (κ2) is 9.31. The maximum absolute atomic E-state index is 14.3. The van der Waals surface area contributed by atoms with Gasteiger partial charge in [-0.25, -0.2) is 30.7 Å². The average Bonchev–Trinajstić information content (AvgIpc) is 3.06. The van der Waals surface area contributed by atoms with Crippen LogP contribution in [-0.4, -0.2) is 20.7 Å². The standard InChI is InChI=1S/C18H3F13N2O2.Cu/c19-4-1-3(2-5(20)8(4)21)14(34)6-15(18(29,30)31)32-33(16(6)35)13-11(24)9(22)7(17(26,27)28)10(23)12(13)25;/h1-2,35H;. The molecule has 1 aromatic heterocycles. The summed E-state index contributed by atoms with van der Waals surface area (Å²) in [5, 5.41) is 12.4. The molecule has 2 aromatic carbocycles. The Hall–Kier alpha value is -3.27. The predicted molar refractivity (Wildman–Crippen MR) is 84.8 cm³/mol. The molecule has 1 N–H and O–H groups in total. The van der Waals surface area contributed by atoms with Crippen molar-refractivity contribution in [3.8, 4) is 11.6 Å². The van der Waals surface area contributed by atoms with E-state index in [1.54, 1.807) is 0 Å². The van der Waals surface area contributed by atoms with E-state index in [1.807, 2.05) is 0 Å². The van der Waals surface area contributed by atoms with Crippen molar-refractivity contribution in [1.29, 1.82) is 0 Å². The summed E-state index contributed by atoms with van der Waals surface area (Å²) in [7, 11) is 0. The number of alkyl halides is 6. The first kappa shape index (κ1) is 29.0. The van der Waals surface area contributed by atoms with Gasteiger partial charge in [-0.05, 0) is 12.1 Å². The van der Waals surface area contributed by atoms with Crippen LogP contribution in [0.5, 0.6) is 5.88 Å². The second-order valence-corrected chi connectivity index (χ2v) is 6.52. The third-order valence-electron chi connectivity index (χ3n) is 4.34. The molecule has 3 rings (SSSR count). The van der Waals surface area contributed by atoms with Crippen molar-refractivity contribution in [2.75, 3.05) is 0 Å². The average molecular weight is 590 g/mol. The molecule has 1 heterocycles. The molecule has 0 aliphatic heterocycles. The van der Waals surface area contributed by atoms with Crippen LogP contribution in [0.3, 0.4) is 0 Å². The Morgan fingerprint density at radius 1 is 0.750 bits per heavy atom. The van der Waals surface area contributed by atoms with Gasteiger partial charge in [-0.15, -0.1) is 0 Å². The molecule has 0 fully saturated rings. The number of benzene rings is 2. The number of aromatic hydroxyl groups is 1. The van der Waals surface area contributed by atoms with Gasteiger partial charge in [-0.2, -0.15) is 36.1 Å². The van der Waals surface area contributed by atoms with Crippen LogP contribution in [0, 0.1) is 40.7 Å². The normalized spacial score (nSPS) is 12.0. The third kappa shape index (κ3) is 4.61. The van der Waals surface area contributed by atoms with Crippen molar-refractivity contribution in [3.05, 3.63) is 75.2 Å². The summed E-state index contributed by atoms with van der Waals surface area (Å²) in [6, 6.07) is -0.257. The van der Waals surface area contributed by atoms with Crippen LogP contribution in [-0.2, 0) is 29.4 Å². The Morgan fingerprint density at radius 3 is 1.58 bits per heavy atom. The summed E-state index contributed by atoms with van der Waals surface area (Å²) in [5.74, 6) is -23.0. The van der Waals surface area contributed by atoms with Crippen LogP contribution in [0.4, 0.5) is 57.1 Å². The number of rotatable bonds is 3. The number of ketones is 1. The molecule has 3 aromatic rings. The largest absolute Gasteiger partial charge is 0.493 e. The van der Waals surface area contributed by atoms with E-state index >= 15 is 0 Å². The van der Waals surface area contributed by atoms with Gasteiger partial charge in [-0.1, -0.05) is 0 Å². The minimum atomic E-state index is -6.02. The fourth-order valence-corrected chi connectivity index (χ4v) is 2.86. The van der Waals surface area contributed by atoms with E-state index in [-0.39, 0.29) is 29.2 Å². The van der Waals surface area contributed by atoms with Crippen molar-refractivity contribution >= 4 is 5.78 Å². The fourth-order valence-electron chi connectivity index (χ4n) is 2.86. The number of aromatic nitrogens is 2. The minimum absolute atomic E-state index is 0. The van der Waals surface area contributed by atoms with Gasteiger partial charge in [0.2, 0.25) is 11.7 Å². The Balaban J connectivity index is 0.00000456. The fraction of sp³-hybridized carbons (Fsp3) is 0.111. The molecular weight excluding hydrogens is 587 g/mol. The number of carbonyl (C=O) groups excluding carboxylic acids is 1. The Labute approximate surface area is 199 Å². The zero-order valence-corrected chi connectivity index (χ0v) is 17.1. The molecule has 0 unspecified atom stereocenters. The number of halogens is 13. The molecule has 4 nitrogen and oxygen atoms in total. The maximum Gasteiger partial charge on any atom is 0.436 e. The zero-order chi connectivity index (χ0) is 26.8. The van der Waals surface area contributed by atoms with E-state index in [4.69, 9.17) is 0 Å². The molecule has 1 radical (unpaired) electrons. The number of carbonyl (C=O) groups is 1. The topological polar surface area (TPSA) is 55.1 Å². The molecule has 0 aliphatic rings. The molecule has 0 spiro atoms. The van der Waals surface area contributed by atoms with E-state index in [2.05, 4.69) is 5.10 Å². The van der Waals surface area contributed by atoms with Crippen molar-refractivity contribution in [1.82, 2.24) is 9.78 Å². The van der Waals surface area contributed by atoms with Gasteiger partial charge in [-0.3, -0.25) is 4.79 Å². The molecule has 0 amide bonds. The number of nitrogens with zero attached hydrogens (tertiary/aromatic N) is 2. The van der Waals surface area contributed by atoms with Crippen molar-refractivity contribution < 1.29 is 84.0 Å². The summed E-state index contributed by atoms with van der Waals surface area (Å²) >= 11 is 0. The molecule has 0 saturated carbocycles. The number of hydrogen-bond acceptors (Lipinski definition) is 3.